The van der Waals surface area contributed by atoms with Crippen LogP contribution in [0, 0.1) is 0 Å². The van der Waals surface area contributed by atoms with Gasteiger partial charge in [-0.15, -0.1) is 0 Å². The van der Waals surface area contributed by atoms with Gasteiger partial charge in [0.05, 0.1) is 31.0 Å². The molecule has 0 radical (unpaired) electrons. The molecule has 39 heavy (non-hydrogen) atoms. The zero-order valence-electron chi connectivity index (χ0n) is 21.3. The van der Waals surface area contributed by atoms with Gasteiger partial charge < -0.3 is 44.3 Å². The molecule has 2 bridgehead atoms. The minimum absolute atomic E-state index is 0.107. The highest BCUT2D eigenvalue weighted by Crippen LogP contribution is 2.65. The number of carboxylic acid groups (broad SMARTS) is 2. The summed E-state index contributed by atoms with van der Waals surface area (Å²) < 4.78 is 22.2. The van der Waals surface area contributed by atoms with Crippen LogP contribution in [0.2, 0.25) is 0 Å². The van der Waals surface area contributed by atoms with Crippen molar-refractivity contribution < 1.29 is 58.6 Å². The minimum atomic E-state index is -2.08. The third-order valence-electron chi connectivity index (χ3n) is 8.34. The predicted molar refractivity (Wildman–Crippen MR) is 128 cm³/mol. The maximum atomic E-state index is 12.9. The molecule has 2 aliphatic heterocycles. The van der Waals surface area contributed by atoms with Crippen molar-refractivity contribution in [2.24, 2.45) is 0 Å². The number of hydrogen-bond donors (Lipinski definition) is 4. The lowest BCUT2D eigenvalue weighted by molar-refractivity contribution is -0.174. The van der Waals surface area contributed by atoms with Crippen LogP contribution in [0.15, 0.2) is 24.0 Å². The van der Waals surface area contributed by atoms with Crippen molar-refractivity contribution in [2.45, 2.75) is 67.5 Å². The first-order valence-corrected chi connectivity index (χ1v) is 12.5. The van der Waals surface area contributed by atoms with Crippen molar-refractivity contribution in [1.29, 1.82) is 0 Å². The molecule has 1 aromatic carbocycles. The molecule has 2 aliphatic carbocycles. The van der Waals surface area contributed by atoms with Gasteiger partial charge in [-0.1, -0.05) is 6.07 Å². The van der Waals surface area contributed by atoms with Crippen molar-refractivity contribution in [3.05, 3.63) is 35.1 Å². The van der Waals surface area contributed by atoms with Gasteiger partial charge in [-0.3, -0.25) is 9.59 Å². The van der Waals surface area contributed by atoms with E-state index in [4.69, 9.17) is 24.1 Å². The molecule has 5 rings (SSSR count). The Kier molecular flexibility index (Phi) is 6.56. The summed E-state index contributed by atoms with van der Waals surface area (Å²) in [6.07, 6.45) is -3.98. The molecule has 13 nitrogen and oxygen atoms in total. The molecule has 1 fully saturated rings. The number of aliphatic carboxylic acids is 2. The van der Waals surface area contributed by atoms with Gasteiger partial charge in [0.15, 0.2) is 23.7 Å². The second-order valence-corrected chi connectivity index (χ2v) is 10.3. The Morgan fingerprint density at radius 3 is 2.56 bits per heavy atom. The molecule has 1 saturated heterocycles. The SMILES string of the molecule is COc1ccc2c3c1O[C@H]1C(OC(=O)C[C@H](OC(=O)C[C@H](O)C(=O)O)C(=O)O)=CC[C@@]4(O)[C@@H](C2)N(C)CC[C@]314. The number of aliphatic hydroxyl groups excluding tert-OH is 1. The van der Waals surface area contributed by atoms with Gasteiger partial charge in [0.25, 0.3) is 0 Å². The summed E-state index contributed by atoms with van der Waals surface area (Å²) in [6.45, 7) is 0.656. The number of carbonyl (C=O) groups is 4. The van der Waals surface area contributed by atoms with Crippen LogP contribution in [0.5, 0.6) is 11.5 Å². The number of hydrogen-bond acceptors (Lipinski definition) is 11. The van der Waals surface area contributed by atoms with Gasteiger partial charge in [0, 0.05) is 18.0 Å². The number of likely N-dealkylation sites (tertiary alicyclic amines) is 1. The van der Waals surface area contributed by atoms with E-state index in [0.29, 0.717) is 30.9 Å². The molecule has 0 saturated carbocycles. The number of carboxylic acids is 2. The number of rotatable bonds is 9. The molecule has 0 aromatic heterocycles. The van der Waals surface area contributed by atoms with Gasteiger partial charge in [-0.05, 0) is 44.1 Å². The minimum Gasteiger partial charge on any atom is -0.493 e. The number of benzene rings is 1. The smallest absolute Gasteiger partial charge is 0.345 e. The molecule has 4 aliphatic rings. The van der Waals surface area contributed by atoms with E-state index in [2.05, 4.69) is 4.90 Å². The van der Waals surface area contributed by atoms with Crippen molar-refractivity contribution in [1.82, 2.24) is 4.90 Å². The van der Waals surface area contributed by atoms with E-state index >= 15 is 0 Å². The van der Waals surface area contributed by atoms with Crippen LogP contribution < -0.4 is 9.47 Å². The lowest BCUT2D eigenvalue weighted by atomic mass is 9.50. The molecular formula is C26H29NO12. The van der Waals surface area contributed by atoms with E-state index in [1.165, 1.54) is 7.11 Å². The number of nitrogens with zero attached hydrogens (tertiary/aromatic N) is 1. The maximum Gasteiger partial charge on any atom is 0.345 e. The van der Waals surface area contributed by atoms with Crippen LogP contribution in [0.4, 0.5) is 0 Å². The maximum absolute atomic E-state index is 12.9. The Balaban J connectivity index is 1.40. The van der Waals surface area contributed by atoms with E-state index in [1.807, 2.05) is 13.1 Å². The van der Waals surface area contributed by atoms with Crippen LogP contribution in [0.1, 0.15) is 36.8 Å². The fourth-order valence-corrected chi connectivity index (χ4v) is 6.54. The number of carbonyl (C=O) groups excluding carboxylic acids is 2. The van der Waals surface area contributed by atoms with Gasteiger partial charge in [-0.25, -0.2) is 9.59 Å². The third-order valence-corrected chi connectivity index (χ3v) is 8.34. The van der Waals surface area contributed by atoms with Crippen molar-refractivity contribution >= 4 is 23.9 Å². The van der Waals surface area contributed by atoms with Crippen molar-refractivity contribution in [2.75, 3.05) is 20.7 Å². The molecule has 0 amide bonds. The lowest BCUT2D eigenvalue weighted by Gasteiger charge is -2.61. The normalized spacial score (nSPS) is 29.7. The molecule has 4 N–H and O–H groups in total. The zero-order chi connectivity index (χ0) is 28.3. The monoisotopic (exact) mass is 547 g/mol. The van der Waals surface area contributed by atoms with E-state index in [9.17, 15) is 34.5 Å². The Morgan fingerprint density at radius 1 is 1.15 bits per heavy atom. The Morgan fingerprint density at radius 2 is 1.90 bits per heavy atom. The first kappa shape index (κ1) is 26.9. The van der Waals surface area contributed by atoms with Crippen LogP contribution in [-0.4, -0.2) is 99.9 Å². The molecule has 1 aromatic rings. The summed E-state index contributed by atoms with van der Waals surface area (Å²) in [7, 11) is 3.46. The topological polar surface area (TPSA) is 189 Å². The van der Waals surface area contributed by atoms with Crippen molar-refractivity contribution in [3.63, 3.8) is 0 Å². The zero-order valence-corrected chi connectivity index (χ0v) is 21.3. The third kappa shape index (κ3) is 4.03. The number of ether oxygens (including phenoxy) is 4. The average molecular weight is 548 g/mol. The largest absolute Gasteiger partial charge is 0.493 e. The van der Waals surface area contributed by atoms with Gasteiger partial charge in [-0.2, -0.15) is 0 Å². The summed E-state index contributed by atoms with van der Waals surface area (Å²) in [5.41, 5.74) is -0.328. The second-order valence-electron chi connectivity index (χ2n) is 10.3. The number of likely N-dealkylation sites (N-methyl/N-ethyl adjacent to an activating group) is 1. The number of aliphatic hydroxyl groups is 2. The Bertz CT molecular complexity index is 1280. The number of piperidine rings is 1. The number of esters is 2. The highest BCUT2D eigenvalue weighted by molar-refractivity contribution is 5.85. The molecule has 2 heterocycles. The van der Waals surface area contributed by atoms with E-state index in [1.54, 1.807) is 12.1 Å². The van der Waals surface area contributed by atoms with Crippen LogP contribution >= 0.6 is 0 Å². The average Bonchev–Trinajstić information content (AvgIpc) is 3.23. The second kappa shape index (κ2) is 9.50. The van der Waals surface area contributed by atoms with Crippen LogP contribution in [0.25, 0.3) is 0 Å². The molecule has 13 heteroatoms. The first-order valence-electron chi connectivity index (χ1n) is 12.5. The Labute approximate surface area is 222 Å². The fraction of sp³-hybridized carbons (Fsp3) is 0.538. The van der Waals surface area contributed by atoms with Gasteiger partial charge in [0.2, 0.25) is 6.10 Å². The number of methoxy groups -OCH3 is 1. The molecule has 6 atom stereocenters. The van der Waals surface area contributed by atoms with E-state index < -0.39 is 66.0 Å². The summed E-state index contributed by atoms with van der Waals surface area (Å²) >= 11 is 0. The standard InChI is InChI=1S/C26H29NO12/c1-27-8-7-25-20-12-3-4-14(36-2)21(20)39-22(25)15(5-6-26(25,35)17(27)9-12)37-19(30)11-16(24(33)34)38-18(29)10-13(28)23(31)32/h3-5,13,16-17,22,28,35H,6-11H2,1-2H3,(H,31,32)(H,33,34)/t13-,16-,17+,22-,25-,26+/m0/s1. The molecule has 0 unspecified atom stereocenters. The van der Waals surface area contributed by atoms with Crippen LogP contribution in [-0.2, 0) is 40.5 Å². The van der Waals surface area contributed by atoms with Crippen molar-refractivity contribution in [3.8, 4) is 11.5 Å². The van der Waals surface area contributed by atoms with E-state index in [-0.39, 0.29) is 18.2 Å². The molecular weight excluding hydrogens is 518 g/mol. The molecule has 210 valence electrons. The summed E-state index contributed by atoms with van der Waals surface area (Å²) in [5, 5.41) is 39.6. The summed E-state index contributed by atoms with van der Waals surface area (Å²) in [4.78, 5) is 49.3. The van der Waals surface area contributed by atoms with Gasteiger partial charge >= 0.3 is 23.9 Å². The van der Waals surface area contributed by atoms with Gasteiger partial charge in [0.1, 0.15) is 5.76 Å². The molecule has 1 spiro atoms. The quantitative estimate of drug-likeness (QED) is 0.296. The Hall–Kier alpha value is -3.68. The first-order chi connectivity index (χ1) is 18.4. The summed E-state index contributed by atoms with van der Waals surface area (Å²) in [5.74, 6) is -4.62. The summed E-state index contributed by atoms with van der Waals surface area (Å²) in [6, 6.07) is 3.54. The van der Waals surface area contributed by atoms with Crippen LogP contribution in [0.3, 0.4) is 0 Å². The highest BCUT2D eigenvalue weighted by Gasteiger charge is 2.72. The predicted octanol–water partition coefficient (Wildman–Crippen LogP) is -0.262. The fourth-order valence-electron chi connectivity index (χ4n) is 6.54. The van der Waals surface area contributed by atoms with E-state index in [0.717, 1.165) is 11.1 Å². The highest BCUT2D eigenvalue weighted by atomic mass is 16.6. The lowest BCUT2D eigenvalue weighted by Crippen LogP contribution is -2.74.